The third-order valence-electron chi connectivity index (χ3n) is 3.48. The Hall–Kier alpha value is -2.50. The van der Waals surface area contributed by atoms with E-state index in [2.05, 4.69) is 25.0 Å². The lowest BCUT2D eigenvalue weighted by molar-refractivity contribution is 0.366. The largest absolute Gasteiger partial charge is 0.352 e. The first-order valence-corrected chi connectivity index (χ1v) is 6.20. The minimum absolute atomic E-state index is 0.432. The number of rotatable bonds is 2. The van der Waals surface area contributed by atoms with E-state index in [0.29, 0.717) is 6.04 Å². The molecule has 0 amide bonds. The zero-order valence-electron chi connectivity index (χ0n) is 10.2. The second-order valence-electron chi connectivity index (χ2n) is 4.63. The molecule has 1 aliphatic rings. The molecular formula is C13H12N6. The van der Waals surface area contributed by atoms with Crippen molar-refractivity contribution in [2.75, 3.05) is 18.0 Å². The highest BCUT2D eigenvalue weighted by molar-refractivity contribution is 5.88. The minimum Gasteiger partial charge on any atom is -0.352 e. The van der Waals surface area contributed by atoms with Gasteiger partial charge in [0.25, 0.3) is 0 Å². The zero-order chi connectivity index (χ0) is 12.7. The first kappa shape index (κ1) is 10.4. The highest BCUT2D eigenvalue weighted by Gasteiger charge is 2.30. The highest BCUT2D eigenvalue weighted by atomic mass is 15.4. The minimum atomic E-state index is 0.432. The van der Waals surface area contributed by atoms with Crippen molar-refractivity contribution in [3.05, 3.63) is 43.2 Å². The molecule has 94 valence electrons. The zero-order valence-corrected chi connectivity index (χ0v) is 10.2. The lowest BCUT2D eigenvalue weighted by Crippen LogP contribution is -2.48. The molecule has 0 unspecified atom stereocenters. The molecule has 3 aromatic heterocycles. The van der Waals surface area contributed by atoms with Crippen LogP contribution in [0.15, 0.2) is 43.2 Å². The summed E-state index contributed by atoms with van der Waals surface area (Å²) >= 11 is 0. The van der Waals surface area contributed by atoms with Crippen LogP contribution in [-0.2, 0) is 0 Å². The Kier molecular flexibility index (Phi) is 2.20. The van der Waals surface area contributed by atoms with E-state index in [0.717, 1.165) is 29.8 Å². The van der Waals surface area contributed by atoms with Crippen molar-refractivity contribution < 1.29 is 0 Å². The van der Waals surface area contributed by atoms with Crippen molar-refractivity contribution in [1.29, 1.82) is 0 Å². The van der Waals surface area contributed by atoms with Gasteiger partial charge in [-0.2, -0.15) is 5.10 Å². The lowest BCUT2D eigenvalue weighted by atomic mass is 10.1. The molecule has 1 saturated heterocycles. The van der Waals surface area contributed by atoms with Gasteiger partial charge in [0.1, 0.15) is 12.1 Å². The van der Waals surface area contributed by atoms with Crippen LogP contribution in [0.4, 0.5) is 5.82 Å². The normalized spacial score (nSPS) is 15.7. The summed E-state index contributed by atoms with van der Waals surface area (Å²) in [6.07, 6.45) is 8.96. The molecule has 6 heteroatoms. The maximum atomic E-state index is 4.40. The molecule has 0 atom stereocenters. The predicted octanol–water partition coefficient (Wildman–Crippen LogP) is 1.28. The topological polar surface area (TPSA) is 59.7 Å². The average molecular weight is 252 g/mol. The van der Waals surface area contributed by atoms with Crippen molar-refractivity contribution in [3.8, 4) is 0 Å². The second-order valence-corrected chi connectivity index (χ2v) is 4.63. The van der Waals surface area contributed by atoms with Crippen LogP contribution in [0.1, 0.15) is 6.04 Å². The summed E-state index contributed by atoms with van der Waals surface area (Å²) in [6.45, 7) is 1.85. The van der Waals surface area contributed by atoms with E-state index in [1.807, 2.05) is 29.2 Å². The van der Waals surface area contributed by atoms with Crippen LogP contribution >= 0.6 is 0 Å². The van der Waals surface area contributed by atoms with E-state index in [1.165, 1.54) is 0 Å². The van der Waals surface area contributed by atoms with Gasteiger partial charge in [0.15, 0.2) is 0 Å². The Morgan fingerprint density at radius 1 is 1.16 bits per heavy atom. The predicted molar refractivity (Wildman–Crippen MR) is 70.8 cm³/mol. The number of fused-ring (bicyclic) bond motifs is 1. The Labute approximate surface area is 109 Å². The highest BCUT2D eigenvalue weighted by Crippen LogP contribution is 2.30. The van der Waals surface area contributed by atoms with Crippen LogP contribution in [0.2, 0.25) is 0 Å². The summed E-state index contributed by atoms with van der Waals surface area (Å²) in [6, 6.07) is 4.35. The Morgan fingerprint density at radius 3 is 2.95 bits per heavy atom. The first-order valence-electron chi connectivity index (χ1n) is 6.20. The number of pyridine rings is 1. The molecule has 0 N–H and O–H groups in total. The summed E-state index contributed by atoms with van der Waals surface area (Å²) in [5.74, 6) is 0.982. The SMILES string of the molecule is c1cnn(C2CN(c3ncnc4cnccc34)C2)c1. The van der Waals surface area contributed by atoms with E-state index in [1.54, 1.807) is 18.7 Å². The fraction of sp³-hybridized carbons (Fsp3) is 0.231. The maximum absolute atomic E-state index is 4.40. The summed E-state index contributed by atoms with van der Waals surface area (Å²) in [4.78, 5) is 15.0. The molecule has 19 heavy (non-hydrogen) atoms. The second kappa shape index (κ2) is 4.01. The van der Waals surface area contributed by atoms with E-state index < -0.39 is 0 Å². The van der Waals surface area contributed by atoms with E-state index in [4.69, 9.17) is 0 Å². The van der Waals surface area contributed by atoms with Gasteiger partial charge in [-0.05, 0) is 12.1 Å². The molecule has 3 aromatic rings. The van der Waals surface area contributed by atoms with Crippen molar-refractivity contribution in [2.24, 2.45) is 0 Å². The molecule has 0 saturated carbocycles. The van der Waals surface area contributed by atoms with Crippen molar-refractivity contribution in [2.45, 2.75) is 6.04 Å². The quantitative estimate of drug-likeness (QED) is 0.687. The Bertz CT molecular complexity index is 697. The lowest BCUT2D eigenvalue weighted by Gasteiger charge is -2.40. The third-order valence-corrected chi connectivity index (χ3v) is 3.48. The molecule has 0 aromatic carbocycles. The monoisotopic (exact) mass is 252 g/mol. The number of hydrogen-bond acceptors (Lipinski definition) is 5. The molecule has 0 spiro atoms. The number of anilines is 1. The van der Waals surface area contributed by atoms with Crippen LogP contribution < -0.4 is 4.90 Å². The van der Waals surface area contributed by atoms with Gasteiger partial charge in [0, 0.05) is 37.1 Å². The van der Waals surface area contributed by atoms with Crippen molar-refractivity contribution in [1.82, 2.24) is 24.7 Å². The van der Waals surface area contributed by atoms with Crippen molar-refractivity contribution in [3.63, 3.8) is 0 Å². The maximum Gasteiger partial charge on any atom is 0.140 e. The van der Waals surface area contributed by atoms with Crippen LogP contribution in [0.25, 0.3) is 10.9 Å². The molecule has 1 fully saturated rings. The van der Waals surface area contributed by atoms with Crippen LogP contribution in [0.5, 0.6) is 0 Å². The molecule has 4 heterocycles. The molecule has 1 aliphatic heterocycles. The molecule has 0 aliphatic carbocycles. The number of nitrogens with zero attached hydrogens (tertiary/aromatic N) is 6. The molecule has 0 bridgehead atoms. The Balaban J connectivity index is 1.63. The van der Waals surface area contributed by atoms with Crippen molar-refractivity contribution >= 4 is 16.7 Å². The van der Waals surface area contributed by atoms with Crippen LogP contribution in [0.3, 0.4) is 0 Å². The molecule has 0 radical (unpaired) electrons. The molecular weight excluding hydrogens is 240 g/mol. The van der Waals surface area contributed by atoms with Crippen LogP contribution in [0, 0.1) is 0 Å². The van der Waals surface area contributed by atoms with E-state index in [9.17, 15) is 0 Å². The van der Waals surface area contributed by atoms with E-state index in [-0.39, 0.29) is 0 Å². The number of hydrogen-bond donors (Lipinski definition) is 0. The summed E-state index contributed by atoms with van der Waals surface area (Å²) in [5, 5.41) is 5.33. The van der Waals surface area contributed by atoms with E-state index >= 15 is 0 Å². The third kappa shape index (κ3) is 1.64. The van der Waals surface area contributed by atoms with Gasteiger partial charge < -0.3 is 4.90 Å². The fourth-order valence-corrected chi connectivity index (χ4v) is 2.44. The summed E-state index contributed by atoms with van der Waals surface area (Å²) in [7, 11) is 0. The standard InChI is InChI=1S/C13H12N6/c1-3-17-19(5-1)10-7-18(8-10)13-11-2-4-14-6-12(11)15-9-16-13/h1-6,9-10H,7-8H2. The van der Waals surface area contributed by atoms with Gasteiger partial charge >= 0.3 is 0 Å². The fourth-order valence-electron chi connectivity index (χ4n) is 2.44. The van der Waals surface area contributed by atoms with Gasteiger partial charge in [0.05, 0.1) is 17.8 Å². The summed E-state index contributed by atoms with van der Waals surface area (Å²) < 4.78 is 2.00. The summed E-state index contributed by atoms with van der Waals surface area (Å²) in [5.41, 5.74) is 0.884. The molecule has 4 rings (SSSR count). The van der Waals surface area contributed by atoms with Gasteiger partial charge in [0.2, 0.25) is 0 Å². The van der Waals surface area contributed by atoms with Gasteiger partial charge in [-0.25, -0.2) is 9.97 Å². The first-order chi connectivity index (χ1) is 9.42. The average Bonchev–Trinajstić information content (AvgIpc) is 2.91. The smallest absolute Gasteiger partial charge is 0.140 e. The van der Waals surface area contributed by atoms with Gasteiger partial charge in [-0.3, -0.25) is 9.67 Å². The molecule has 6 nitrogen and oxygen atoms in total. The number of aromatic nitrogens is 5. The van der Waals surface area contributed by atoms with Gasteiger partial charge in [-0.1, -0.05) is 0 Å². The van der Waals surface area contributed by atoms with Crippen LogP contribution in [-0.4, -0.2) is 37.8 Å². The Morgan fingerprint density at radius 2 is 2.11 bits per heavy atom. The van der Waals surface area contributed by atoms with Gasteiger partial charge in [-0.15, -0.1) is 0 Å².